The molecule has 0 saturated heterocycles. The van der Waals surface area contributed by atoms with Crippen molar-refractivity contribution in [3.63, 3.8) is 0 Å². The van der Waals surface area contributed by atoms with Gasteiger partial charge in [-0.05, 0) is 83.2 Å². The highest BCUT2D eigenvalue weighted by Crippen LogP contribution is 2.63. The lowest BCUT2D eigenvalue weighted by molar-refractivity contribution is 0.0600. The van der Waals surface area contributed by atoms with E-state index in [9.17, 15) is 9.59 Å². The fourth-order valence-corrected chi connectivity index (χ4v) is 6.56. The number of methoxy groups -OCH3 is 1. The van der Waals surface area contributed by atoms with E-state index >= 15 is 0 Å². The van der Waals surface area contributed by atoms with Crippen LogP contribution in [0.5, 0.6) is 5.75 Å². The molecule has 0 heterocycles. The molecule has 1 spiro atoms. The minimum Gasteiger partial charge on any atom is -0.465 e. The zero-order chi connectivity index (χ0) is 25.2. The Labute approximate surface area is 207 Å². The summed E-state index contributed by atoms with van der Waals surface area (Å²) < 4.78 is 10.6. The molecule has 1 unspecified atom stereocenters. The van der Waals surface area contributed by atoms with Crippen LogP contribution in [0, 0.1) is 6.92 Å². The molecule has 0 amide bonds. The highest BCUT2D eigenvalue weighted by atomic mass is 16.5. The van der Waals surface area contributed by atoms with Crippen LogP contribution >= 0.6 is 0 Å². The molecule has 4 nitrogen and oxygen atoms in total. The molecule has 2 aliphatic rings. The SMILES string of the molecule is COC(=O)c1cccc(C(=O)Oc2ccc3c(c2)C2(CC(C)(C)c4ccc(C)cc42)CC3(C)C)c1. The predicted octanol–water partition coefficient (Wildman–Crippen LogP) is 6.65. The smallest absolute Gasteiger partial charge is 0.343 e. The molecule has 1 atom stereocenters. The standard InChI is InChI=1S/C31H32O4/c1-19-10-12-23-25(14-19)31(17-29(23,2)3)18-30(4,5)24-13-11-22(16-26(24)31)35-28(33)21-9-7-8-20(15-21)27(32)34-6/h7-16H,17-18H2,1-6H3. The van der Waals surface area contributed by atoms with E-state index in [1.165, 1.54) is 41.0 Å². The van der Waals surface area contributed by atoms with Crippen molar-refractivity contribution in [2.24, 2.45) is 0 Å². The topological polar surface area (TPSA) is 52.6 Å². The average Bonchev–Trinajstić information content (AvgIpc) is 3.17. The molecular formula is C31H32O4. The Balaban J connectivity index is 1.56. The van der Waals surface area contributed by atoms with Crippen molar-refractivity contribution in [3.05, 3.63) is 99.6 Å². The Hall–Kier alpha value is -3.40. The van der Waals surface area contributed by atoms with Gasteiger partial charge in [0.1, 0.15) is 5.75 Å². The second-order valence-electron chi connectivity index (χ2n) is 11.4. The maximum Gasteiger partial charge on any atom is 0.343 e. The Morgan fingerprint density at radius 1 is 0.714 bits per heavy atom. The summed E-state index contributed by atoms with van der Waals surface area (Å²) in [6.07, 6.45) is 2.04. The molecule has 0 aliphatic heterocycles. The second-order valence-corrected chi connectivity index (χ2v) is 11.4. The summed E-state index contributed by atoms with van der Waals surface area (Å²) in [7, 11) is 1.32. The summed E-state index contributed by atoms with van der Waals surface area (Å²) in [4.78, 5) is 24.9. The van der Waals surface area contributed by atoms with Crippen LogP contribution in [0.2, 0.25) is 0 Å². The Morgan fingerprint density at radius 3 is 1.91 bits per heavy atom. The monoisotopic (exact) mass is 468 g/mol. The zero-order valence-electron chi connectivity index (χ0n) is 21.3. The Bertz CT molecular complexity index is 1360. The van der Waals surface area contributed by atoms with Crippen molar-refractivity contribution in [1.29, 1.82) is 0 Å². The lowest BCUT2D eigenvalue weighted by atomic mass is 9.72. The quantitative estimate of drug-likeness (QED) is 0.319. The first-order valence-corrected chi connectivity index (χ1v) is 12.1. The van der Waals surface area contributed by atoms with Gasteiger partial charge in [0, 0.05) is 5.41 Å². The molecule has 0 aromatic heterocycles. The molecule has 0 saturated carbocycles. The summed E-state index contributed by atoms with van der Waals surface area (Å²) in [6, 6.07) is 19.4. The summed E-state index contributed by atoms with van der Waals surface area (Å²) >= 11 is 0. The minimum atomic E-state index is -0.495. The van der Waals surface area contributed by atoms with Crippen LogP contribution in [0.15, 0.2) is 60.7 Å². The van der Waals surface area contributed by atoms with Gasteiger partial charge in [0.05, 0.1) is 18.2 Å². The summed E-state index contributed by atoms with van der Waals surface area (Å²) in [5.74, 6) is -0.461. The number of rotatable bonds is 3. The largest absolute Gasteiger partial charge is 0.465 e. The highest BCUT2D eigenvalue weighted by molar-refractivity contribution is 5.96. The third-order valence-electron chi connectivity index (χ3n) is 7.87. The molecule has 35 heavy (non-hydrogen) atoms. The van der Waals surface area contributed by atoms with Crippen molar-refractivity contribution in [2.75, 3.05) is 7.11 Å². The maximum atomic E-state index is 13.0. The highest BCUT2D eigenvalue weighted by Gasteiger charge is 2.56. The van der Waals surface area contributed by atoms with Gasteiger partial charge in [0.2, 0.25) is 0 Å². The van der Waals surface area contributed by atoms with E-state index in [-0.39, 0.29) is 16.2 Å². The average molecular weight is 469 g/mol. The van der Waals surface area contributed by atoms with Gasteiger partial charge in [0.15, 0.2) is 0 Å². The van der Waals surface area contributed by atoms with E-state index in [1.54, 1.807) is 18.2 Å². The number of hydrogen-bond acceptors (Lipinski definition) is 4. The lowest BCUT2D eigenvalue weighted by Gasteiger charge is -2.30. The van der Waals surface area contributed by atoms with Crippen molar-refractivity contribution in [3.8, 4) is 5.75 Å². The van der Waals surface area contributed by atoms with Crippen LogP contribution in [0.3, 0.4) is 0 Å². The number of esters is 2. The number of hydrogen-bond donors (Lipinski definition) is 0. The number of carbonyl (C=O) groups excluding carboxylic acids is 2. The first-order valence-electron chi connectivity index (χ1n) is 12.1. The van der Waals surface area contributed by atoms with Crippen LogP contribution < -0.4 is 4.74 Å². The number of aryl methyl sites for hydroxylation is 1. The number of benzene rings is 3. The predicted molar refractivity (Wildman–Crippen MR) is 136 cm³/mol. The molecule has 0 radical (unpaired) electrons. The van der Waals surface area contributed by atoms with Gasteiger partial charge < -0.3 is 9.47 Å². The molecule has 180 valence electrons. The fraction of sp³-hybridized carbons (Fsp3) is 0.355. The maximum absolute atomic E-state index is 13.0. The number of fused-ring (bicyclic) bond motifs is 4. The third kappa shape index (κ3) is 3.67. The molecule has 0 bridgehead atoms. The Kier molecular flexibility index (Phi) is 5.21. The van der Waals surface area contributed by atoms with Crippen molar-refractivity contribution >= 4 is 11.9 Å². The van der Waals surface area contributed by atoms with Gasteiger partial charge in [-0.25, -0.2) is 9.59 Å². The lowest BCUT2D eigenvalue weighted by Crippen LogP contribution is -2.27. The van der Waals surface area contributed by atoms with Crippen LogP contribution in [0.4, 0.5) is 0 Å². The van der Waals surface area contributed by atoms with E-state index in [0.29, 0.717) is 16.9 Å². The zero-order valence-corrected chi connectivity index (χ0v) is 21.3. The van der Waals surface area contributed by atoms with Gasteiger partial charge in [-0.3, -0.25) is 0 Å². The third-order valence-corrected chi connectivity index (χ3v) is 7.87. The molecule has 0 N–H and O–H groups in total. The molecule has 0 fully saturated rings. The first kappa shape index (κ1) is 23.3. The van der Waals surface area contributed by atoms with Crippen LogP contribution in [-0.4, -0.2) is 19.0 Å². The molecular weight excluding hydrogens is 436 g/mol. The van der Waals surface area contributed by atoms with Crippen LogP contribution in [0.1, 0.15) is 89.1 Å². The molecule has 5 rings (SSSR count). The van der Waals surface area contributed by atoms with Crippen molar-refractivity contribution < 1.29 is 19.1 Å². The normalized spacial score (nSPS) is 20.9. The van der Waals surface area contributed by atoms with Gasteiger partial charge in [-0.2, -0.15) is 0 Å². The van der Waals surface area contributed by atoms with E-state index in [2.05, 4.69) is 65.0 Å². The van der Waals surface area contributed by atoms with Crippen LogP contribution in [-0.2, 0) is 21.0 Å². The number of ether oxygens (including phenoxy) is 2. The molecule has 2 aliphatic carbocycles. The van der Waals surface area contributed by atoms with Gasteiger partial charge >= 0.3 is 11.9 Å². The fourth-order valence-electron chi connectivity index (χ4n) is 6.56. The molecule has 3 aromatic rings. The van der Waals surface area contributed by atoms with E-state index < -0.39 is 11.9 Å². The van der Waals surface area contributed by atoms with E-state index in [4.69, 9.17) is 9.47 Å². The van der Waals surface area contributed by atoms with E-state index in [0.717, 1.165) is 12.8 Å². The second kappa shape index (κ2) is 7.81. The van der Waals surface area contributed by atoms with E-state index in [1.807, 2.05) is 6.07 Å². The minimum absolute atomic E-state index is 0.00809. The van der Waals surface area contributed by atoms with Gasteiger partial charge in [0.25, 0.3) is 0 Å². The molecule has 3 aromatic carbocycles. The van der Waals surface area contributed by atoms with Crippen LogP contribution in [0.25, 0.3) is 0 Å². The summed E-state index contributed by atoms with van der Waals surface area (Å²) in [5, 5.41) is 0. The van der Waals surface area contributed by atoms with Crippen molar-refractivity contribution in [2.45, 2.75) is 63.7 Å². The molecule has 4 heteroatoms. The summed E-state index contributed by atoms with van der Waals surface area (Å²) in [6.45, 7) is 11.4. The Morgan fingerprint density at radius 2 is 1.29 bits per heavy atom. The summed E-state index contributed by atoms with van der Waals surface area (Å²) in [5.41, 5.74) is 7.23. The number of carbonyl (C=O) groups is 2. The van der Waals surface area contributed by atoms with Crippen molar-refractivity contribution in [1.82, 2.24) is 0 Å². The van der Waals surface area contributed by atoms with Gasteiger partial charge in [-0.1, -0.05) is 63.6 Å². The first-order chi connectivity index (χ1) is 16.5. The van der Waals surface area contributed by atoms with Gasteiger partial charge in [-0.15, -0.1) is 0 Å².